The Morgan fingerprint density at radius 3 is 2.63 bits per heavy atom. The Labute approximate surface area is 116 Å². The molecule has 0 saturated heterocycles. The minimum Gasteiger partial charge on any atom is -0.313 e. The Bertz CT molecular complexity index is 403. The fraction of sp³-hybridized carbons (Fsp3) is 0.625. The molecule has 0 amide bonds. The van der Waals surface area contributed by atoms with Crippen molar-refractivity contribution in [3.05, 3.63) is 35.6 Å². The van der Waals surface area contributed by atoms with Crippen molar-refractivity contribution in [3.63, 3.8) is 0 Å². The molecule has 1 aromatic rings. The normalized spacial score (nSPS) is 18.6. The maximum absolute atomic E-state index is 13.7. The summed E-state index contributed by atoms with van der Waals surface area (Å²) in [6.07, 6.45) is 2.74. The van der Waals surface area contributed by atoms with Crippen LogP contribution in [-0.2, 0) is 0 Å². The molecule has 1 N–H and O–H groups in total. The van der Waals surface area contributed by atoms with Crippen LogP contribution in [0.15, 0.2) is 24.3 Å². The van der Waals surface area contributed by atoms with Crippen LogP contribution in [0, 0.1) is 11.7 Å². The van der Waals surface area contributed by atoms with E-state index in [1.54, 1.807) is 6.07 Å². The lowest BCUT2D eigenvalue weighted by molar-refractivity contribution is 0.251. The smallest absolute Gasteiger partial charge is 0.127 e. The first-order valence-electron chi connectivity index (χ1n) is 7.27. The first kappa shape index (κ1) is 14.5. The number of benzene rings is 1. The summed E-state index contributed by atoms with van der Waals surface area (Å²) in [6, 6.07) is 7.78. The molecule has 0 radical (unpaired) electrons. The number of hydrogen-bond acceptors (Lipinski definition) is 2. The van der Waals surface area contributed by atoms with Crippen molar-refractivity contribution < 1.29 is 4.39 Å². The van der Waals surface area contributed by atoms with Gasteiger partial charge in [-0.1, -0.05) is 18.2 Å². The van der Waals surface area contributed by atoms with Crippen LogP contribution < -0.4 is 5.32 Å². The lowest BCUT2D eigenvalue weighted by atomic mass is 10.1. The lowest BCUT2D eigenvalue weighted by Crippen LogP contribution is -2.36. The molecule has 0 spiro atoms. The van der Waals surface area contributed by atoms with Crippen LogP contribution in [0.3, 0.4) is 0 Å². The number of hydrogen-bond donors (Lipinski definition) is 1. The maximum Gasteiger partial charge on any atom is 0.127 e. The Kier molecular flexibility index (Phi) is 4.94. The Hall–Kier alpha value is -0.930. The molecule has 1 aromatic carbocycles. The van der Waals surface area contributed by atoms with E-state index in [9.17, 15) is 4.39 Å². The quantitative estimate of drug-likeness (QED) is 0.813. The summed E-state index contributed by atoms with van der Waals surface area (Å²) in [4.78, 5) is 2.20. The van der Waals surface area contributed by atoms with Gasteiger partial charge in [0.25, 0.3) is 0 Å². The highest BCUT2D eigenvalue weighted by Crippen LogP contribution is 2.32. The zero-order valence-corrected chi connectivity index (χ0v) is 12.2. The molecule has 19 heavy (non-hydrogen) atoms. The monoisotopic (exact) mass is 264 g/mol. The van der Waals surface area contributed by atoms with E-state index in [0.717, 1.165) is 24.6 Å². The zero-order chi connectivity index (χ0) is 13.8. The van der Waals surface area contributed by atoms with Gasteiger partial charge >= 0.3 is 0 Å². The Balaban J connectivity index is 1.78. The molecule has 1 aliphatic carbocycles. The highest BCUT2D eigenvalue weighted by molar-refractivity contribution is 5.20. The summed E-state index contributed by atoms with van der Waals surface area (Å²) >= 11 is 0. The van der Waals surface area contributed by atoms with Gasteiger partial charge in [-0.2, -0.15) is 0 Å². The molecule has 0 bridgehead atoms. The third-order valence-corrected chi connectivity index (χ3v) is 4.28. The summed E-state index contributed by atoms with van der Waals surface area (Å²) in [7, 11) is 2.06. The fourth-order valence-electron chi connectivity index (χ4n) is 2.48. The summed E-state index contributed by atoms with van der Waals surface area (Å²) < 4.78 is 13.7. The maximum atomic E-state index is 13.7. The second-order valence-corrected chi connectivity index (χ2v) is 5.76. The fourth-order valence-corrected chi connectivity index (χ4v) is 2.48. The second kappa shape index (κ2) is 6.49. The van der Waals surface area contributed by atoms with Gasteiger partial charge in [0.05, 0.1) is 0 Å². The first-order valence-corrected chi connectivity index (χ1v) is 7.27. The Morgan fingerprint density at radius 1 is 1.32 bits per heavy atom. The van der Waals surface area contributed by atoms with Crippen molar-refractivity contribution >= 4 is 0 Å². The molecule has 2 nitrogen and oxygen atoms in total. The van der Waals surface area contributed by atoms with Gasteiger partial charge in [-0.25, -0.2) is 4.39 Å². The molecule has 106 valence electrons. The highest BCUT2D eigenvalue weighted by atomic mass is 19.1. The molecule has 0 aromatic heterocycles. The largest absolute Gasteiger partial charge is 0.313 e. The number of rotatable bonds is 7. The van der Waals surface area contributed by atoms with E-state index < -0.39 is 0 Å². The average molecular weight is 264 g/mol. The minimum absolute atomic E-state index is 0.110. The molecule has 1 aliphatic rings. The minimum atomic E-state index is -0.110. The van der Waals surface area contributed by atoms with Gasteiger partial charge in [0, 0.05) is 30.7 Å². The number of likely N-dealkylation sites (N-methyl/N-ethyl adjacent to an activating group) is 1. The third kappa shape index (κ3) is 4.02. The van der Waals surface area contributed by atoms with Gasteiger partial charge in [0.15, 0.2) is 0 Å². The number of nitrogens with one attached hydrogen (secondary N) is 1. The summed E-state index contributed by atoms with van der Waals surface area (Å²) in [6.45, 7) is 6.22. The van der Waals surface area contributed by atoms with Crippen LogP contribution in [0.1, 0.15) is 38.3 Å². The van der Waals surface area contributed by atoms with Crippen LogP contribution >= 0.6 is 0 Å². The summed E-state index contributed by atoms with van der Waals surface area (Å²) in [5.74, 6) is 0.774. The van der Waals surface area contributed by atoms with Gasteiger partial charge in [-0.15, -0.1) is 0 Å². The van der Waals surface area contributed by atoms with Crippen LogP contribution in [0.5, 0.6) is 0 Å². The molecule has 2 rings (SSSR count). The molecule has 0 aliphatic heterocycles. The van der Waals surface area contributed by atoms with E-state index >= 15 is 0 Å². The van der Waals surface area contributed by atoms with Gasteiger partial charge in [-0.05, 0) is 45.7 Å². The Morgan fingerprint density at radius 2 is 2.00 bits per heavy atom. The van der Waals surface area contributed by atoms with Crippen molar-refractivity contribution in [2.45, 2.75) is 38.8 Å². The topological polar surface area (TPSA) is 15.3 Å². The molecule has 0 heterocycles. The van der Waals surface area contributed by atoms with Gasteiger partial charge < -0.3 is 5.32 Å². The predicted molar refractivity (Wildman–Crippen MR) is 77.6 cm³/mol. The van der Waals surface area contributed by atoms with Crippen LogP contribution in [-0.4, -0.2) is 31.1 Å². The zero-order valence-electron chi connectivity index (χ0n) is 12.2. The van der Waals surface area contributed by atoms with Gasteiger partial charge in [0.1, 0.15) is 5.82 Å². The van der Waals surface area contributed by atoms with Gasteiger partial charge in [-0.3, -0.25) is 4.90 Å². The molecule has 2 unspecified atom stereocenters. The van der Waals surface area contributed by atoms with E-state index in [4.69, 9.17) is 0 Å². The third-order valence-electron chi connectivity index (χ3n) is 4.28. The van der Waals surface area contributed by atoms with Crippen LogP contribution in [0.4, 0.5) is 4.39 Å². The standard InChI is InChI=1S/C16H25FN2/c1-12(14-8-9-14)18-10-11-19(3)13(2)15-6-4-5-7-16(15)17/h4-7,12-14,18H,8-11H2,1-3H3. The summed E-state index contributed by atoms with van der Waals surface area (Å²) in [5, 5.41) is 3.56. The highest BCUT2D eigenvalue weighted by Gasteiger charge is 2.27. The molecular weight excluding hydrogens is 239 g/mol. The van der Waals surface area contributed by atoms with Gasteiger partial charge in [0.2, 0.25) is 0 Å². The van der Waals surface area contributed by atoms with Crippen molar-refractivity contribution in [3.8, 4) is 0 Å². The van der Waals surface area contributed by atoms with E-state index in [-0.39, 0.29) is 11.9 Å². The number of nitrogens with zero attached hydrogens (tertiary/aromatic N) is 1. The van der Waals surface area contributed by atoms with E-state index in [2.05, 4.69) is 31.1 Å². The predicted octanol–water partition coefficient (Wildman–Crippen LogP) is 3.21. The molecule has 1 saturated carbocycles. The van der Waals surface area contributed by atoms with E-state index in [1.807, 2.05) is 12.1 Å². The van der Waals surface area contributed by atoms with E-state index in [0.29, 0.717) is 6.04 Å². The van der Waals surface area contributed by atoms with Crippen molar-refractivity contribution in [2.75, 3.05) is 20.1 Å². The molecule has 2 atom stereocenters. The SMILES string of the molecule is CC(NCCN(C)C(C)c1ccccc1F)C1CC1. The molecular formula is C16H25FN2. The van der Waals surface area contributed by atoms with Crippen molar-refractivity contribution in [2.24, 2.45) is 5.92 Å². The first-order chi connectivity index (χ1) is 9.09. The van der Waals surface area contributed by atoms with Crippen molar-refractivity contribution in [1.29, 1.82) is 0 Å². The molecule has 3 heteroatoms. The average Bonchev–Trinajstić information content (AvgIpc) is 3.22. The number of halogens is 1. The van der Waals surface area contributed by atoms with Crippen LogP contribution in [0.2, 0.25) is 0 Å². The van der Waals surface area contributed by atoms with Crippen LogP contribution in [0.25, 0.3) is 0 Å². The second-order valence-electron chi connectivity index (χ2n) is 5.76. The molecule has 1 fully saturated rings. The lowest BCUT2D eigenvalue weighted by Gasteiger charge is -2.26. The van der Waals surface area contributed by atoms with E-state index in [1.165, 1.54) is 18.9 Å². The van der Waals surface area contributed by atoms with Crippen molar-refractivity contribution in [1.82, 2.24) is 10.2 Å². The summed E-state index contributed by atoms with van der Waals surface area (Å²) in [5.41, 5.74) is 0.778.